The molecule has 0 spiro atoms. The highest BCUT2D eigenvalue weighted by Gasteiger charge is 2.06. The maximum absolute atomic E-state index is 6.22. The largest absolute Gasteiger partial charge is 0.399 e. The van der Waals surface area contributed by atoms with Gasteiger partial charge in [-0.15, -0.1) is 0 Å². The van der Waals surface area contributed by atoms with Crippen molar-refractivity contribution >= 4 is 33.2 Å². The number of nitrogens with two attached hydrogens (primary N) is 1. The lowest BCUT2D eigenvalue weighted by Gasteiger charge is -2.18. The van der Waals surface area contributed by atoms with Crippen LogP contribution in [0.3, 0.4) is 0 Å². The van der Waals surface area contributed by atoms with E-state index in [0.717, 1.165) is 33.8 Å². The molecule has 0 radical (unpaired) electrons. The van der Waals surface area contributed by atoms with Crippen LogP contribution in [0.25, 0.3) is 0 Å². The Morgan fingerprint density at radius 1 is 1.11 bits per heavy atom. The molecule has 0 atom stereocenters. The molecular formula is C15H16BrClN2. The number of rotatable bonds is 4. The van der Waals surface area contributed by atoms with Crippen LogP contribution in [-0.2, 0) is 13.1 Å². The van der Waals surface area contributed by atoms with Crippen LogP contribution < -0.4 is 5.73 Å². The van der Waals surface area contributed by atoms with Gasteiger partial charge in [-0.3, -0.25) is 4.90 Å². The topological polar surface area (TPSA) is 29.3 Å². The smallest absolute Gasteiger partial charge is 0.0462 e. The van der Waals surface area contributed by atoms with E-state index in [-0.39, 0.29) is 0 Å². The fourth-order valence-corrected chi connectivity index (χ4v) is 2.66. The van der Waals surface area contributed by atoms with Crippen molar-refractivity contribution in [3.63, 3.8) is 0 Å². The molecule has 2 N–H and O–H groups in total. The summed E-state index contributed by atoms with van der Waals surface area (Å²) < 4.78 is 1.00. The van der Waals surface area contributed by atoms with Crippen LogP contribution in [0.5, 0.6) is 0 Å². The summed E-state index contributed by atoms with van der Waals surface area (Å²) in [6.45, 7) is 1.68. The molecule has 100 valence electrons. The van der Waals surface area contributed by atoms with E-state index in [9.17, 15) is 0 Å². The van der Waals surface area contributed by atoms with Gasteiger partial charge in [0.15, 0.2) is 0 Å². The van der Waals surface area contributed by atoms with Crippen molar-refractivity contribution in [1.29, 1.82) is 0 Å². The zero-order valence-corrected chi connectivity index (χ0v) is 13.1. The predicted octanol–water partition coefficient (Wildman–Crippen LogP) is 4.32. The third-order valence-corrected chi connectivity index (χ3v) is 3.73. The molecule has 0 unspecified atom stereocenters. The van der Waals surface area contributed by atoms with Crippen molar-refractivity contribution in [2.24, 2.45) is 0 Å². The summed E-state index contributed by atoms with van der Waals surface area (Å²) in [4.78, 5) is 2.22. The van der Waals surface area contributed by atoms with Crippen LogP contribution in [0.2, 0.25) is 5.02 Å². The Kier molecular flexibility index (Phi) is 4.86. The van der Waals surface area contributed by atoms with Crippen LogP contribution in [0, 0.1) is 0 Å². The monoisotopic (exact) mass is 338 g/mol. The number of hydrogen-bond acceptors (Lipinski definition) is 2. The van der Waals surface area contributed by atoms with Crippen LogP contribution in [-0.4, -0.2) is 11.9 Å². The van der Waals surface area contributed by atoms with E-state index in [1.807, 2.05) is 30.3 Å². The number of nitrogens with zero attached hydrogens (tertiary/aromatic N) is 1. The molecule has 0 saturated carbocycles. The summed E-state index contributed by atoms with van der Waals surface area (Å²) in [7, 11) is 2.08. The minimum atomic E-state index is 0.790. The van der Waals surface area contributed by atoms with Gasteiger partial charge < -0.3 is 5.73 Å². The van der Waals surface area contributed by atoms with Gasteiger partial charge in [0.05, 0.1) is 0 Å². The zero-order chi connectivity index (χ0) is 13.8. The molecule has 0 aliphatic carbocycles. The Labute approximate surface area is 127 Å². The number of anilines is 1. The highest BCUT2D eigenvalue weighted by atomic mass is 79.9. The molecule has 2 rings (SSSR count). The molecule has 0 heterocycles. The Bertz CT molecular complexity index is 555. The number of hydrogen-bond donors (Lipinski definition) is 1. The van der Waals surface area contributed by atoms with E-state index in [1.54, 1.807) is 0 Å². The summed E-state index contributed by atoms with van der Waals surface area (Å²) in [5, 5.41) is 0.790. The fraction of sp³-hybridized carbons (Fsp3) is 0.200. The summed E-state index contributed by atoms with van der Waals surface area (Å²) in [6.07, 6.45) is 0. The number of halogens is 2. The third-order valence-electron chi connectivity index (χ3n) is 2.89. The second kappa shape index (κ2) is 6.42. The standard InChI is InChI=1S/C15H16BrClN2/c1-19(9-11-2-6-14(18)7-3-11)10-12-4-5-13(16)8-15(12)17/h2-8H,9-10,18H2,1H3. The van der Waals surface area contributed by atoms with E-state index >= 15 is 0 Å². The van der Waals surface area contributed by atoms with E-state index < -0.39 is 0 Å². The summed E-state index contributed by atoms with van der Waals surface area (Å²) in [5.74, 6) is 0. The van der Waals surface area contributed by atoms with Crippen LogP contribution >= 0.6 is 27.5 Å². The Morgan fingerprint density at radius 3 is 2.42 bits per heavy atom. The highest BCUT2D eigenvalue weighted by Crippen LogP contribution is 2.22. The van der Waals surface area contributed by atoms with Gasteiger partial charge in [0.25, 0.3) is 0 Å². The van der Waals surface area contributed by atoms with Gasteiger partial charge in [0.1, 0.15) is 0 Å². The van der Waals surface area contributed by atoms with Crippen molar-refractivity contribution in [3.8, 4) is 0 Å². The summed E-state index contributed by atoms with van der Waals surface area (Å²) in [5.41, 5.74) is 8.84. The van der Waals surface area contributed by atoms with E-state index in [2.05, 4.69) is 40.0 Å². The molecule has 0 aliphatic rings. The zero-order valence-electron chi connectivity index (χ0n) is 10.7. The summed E-state index contributed by atoms with van der Waals surface area (Å²) in [6, 6.07) is 13.9. The maximum atomic E-state index is 6.22. The molecule has 2 nitrogen and oxygen atoms in total. The predicted molar refractivity (Wildman–Crippen MR) is 85.2 cm³/mol. The first kappa shape index (κ1) is 14.4. The Balaban J connectivity index is 2.01. The molecule has 0 fully saturated rings. The molecule has 0 aromatic heterocycles. The van der Waals surface area contributed by atoms with Crippen LogP contribution in [0.1, 0.15) is 11.1 Å². The van der Waals surface area contributed by atoms with E-state index in [1.165, 1.54) is 5.56 Å². The van der Waals surface area contributed by atoms with Gasteiger partial charge in [-0.2, -0.15) is 0 Å². The molecule has 4 heteroatoms. The second-order valence-electron chi connectivity index (χ2n) is 4.65. The van der Waals surface area contributed by atoms with Gasteiger partial charge >= 0.3 is 0 Å². The van der Waals surface area contributed by atoms with Crippen molar-refractivity contribution in [2.45, 2.75) is 13.1 Å². The van der Waals surface area contributed by atoms with Crippen molar-refractivity contribution in [1.82, 2.24) is 4.90 Å². The first-order valence-corrected chi connectivity index (χ1v) is 7.18. The molecule has 0 amide bonds. The first-order valence-electron chi connectivity index (χ1n) is 6.01. The highest BCUT2D eigenvalue weighted by molar-refractivity contribution is 9.10. The Hall–Kier alpha value is -1.03. The normalized spacial score (nSPS) is 10.9. The maximum Gasteiger partial charge on any atom is 0.0462 e. The number of benzene rings is 2. The third kappa shape index (κ3) is 4.23. The minimum absolute atomic E-state index is 0.790. The van der Waals surface area contributed by atoms with E-state index in [0.29, 0.717) is 0 Å². The lowest BCUT2D eigenvalue weighted by Crippen LogP contribution is -2.17. The molecular weight excluding hydrogens is 324 g/mol. The van der Waals surface area contributed by atoms with Gasteiger partial charge in [-0.1, -0.05) is 45.7 Å². The van der Waals surface area contributed by atoms with Gasteiger partial charge in [-0.25, -0.2) is 0 Å². The average molecular weight is 340 g/mol. The molecule has 0 aliphatic heterocycles. The lowest BCUT2D eigenvalue weighted by atomic mass is 10.1. The van der Waals surface area contributed by atoms with Crippen molar-refractivity contribution in [2.75, 3.05) is 12.8 Å². The molecule has 2 aromatic carbocycles. The van der Waals surface area contributed by atoms with Crippen LogP contribution in [0.4, 0.5) is 5.69 Å². The fourth-order valence-electron chi connectivity index (χ4n) is 1.93. The van der Waals surface area contributed by atoms with Gasteiger partial charge in [-0.05, 0) is 42.4 Å². The molecule has 2 aromatic rings. The molecule has 0 saturated heterocycles. The molecule has 0 bridgehead atoms. The lowest BCUT2D eigenvalue weighted by molar-refractivity contribution is 0.319. The Morgan fingerprint density at radius 2 is 1.79 bits per heavy atom. The van der Waals surface area contributed by atoms with E-state index in [4.69, 9.17) is 17.3 Å². The van der Waals surface area contributed by atoms with Crippen molar-refractivity contribution in [3.05, 3.63) is 63.1 Å². The summed E-state index contributed by atoms with van der Waals surface area (Å²) >= 11 is 9.64. The average Bonchev–Trinajstić information content (AvgIpc) is 2.36. The number of nitrogen functional groups attached to an aromatic ring is 1. The second-order valence-corrected chi connectivity index (χ2v) is 5.97. The minimum Gasteiger partial charge on any atom is -0.399 e. The molecule has 19 heavy (non-hydrogen) atoms. The SMILES string of the molecule is CN(Cc1ccc(N)cc1)Cc1ccc(Br)cc1Cl. The van der Waals surface area contributed by atoms with Gasteiger partial charge in [0.2, 0.25) is 0 Å². The first-order chi connectivity index (χ1) is 9.04. The van der Waals surface area contributed by atoms with Crippen LogP contribution in [0.15, 0.2) is 46.9 Å². The quantitative estimate of drug-likeness (QED) is 0.841. The van der Waals surface area contributed by atoms with Gasteiger partial charge in [0, 0.05) is 28.3 Å². The van der Waals surface area contributed by atoms with Crippen molar-refractivity contribution < 1.29 is 0 Å².